The normalized spacial score (nSPS) is 20.3. The lowest BCUT2D eigenvalue weighted by atomic mass is 9.96. The molecule has 1 amide bonds. The van der Waals surface area contributed by atoms with E-state index in [0.717, 1.165) is 25.9 Å². The van der Waals surface area contributed by atoms with Crippen LogP contribution in [0.3, 0.4) is 0 Å². The van der Waals surface area contributed by atoms with Crippen LogP contribution < -0.4 is 4.74 Å². The van der Waals surface area contributed by atoms with Crippen LogP contribution in [0, 0.1) is 5.92 Å². The predicted octanol–water partition coefficient (Wildman–Crippen LogP) is 2.89. The molecule has 6 nitrogen and oxygen atoms in total. The van der Waals surface area contributed by atoms with Gasteiger partial charge < -0.3 is 9.64 Å². The molecule has 1 aromatic rings. The van der Waals surface area contributed by atoms with Crippen LogP contribution in [-0.2, 0) is 14.8 Å². The van der Waals surface area contributed by atoms with E-state index < -0.39 is 10.0 Å². The summed E-state index contributed by atoms with van der Waals surface area (Å²) in [7, 11) is -3.52. The van der Waals surface area contributed by atoms with E-state index in [1.165, 1.54) is 17.1 Å². The summed E-state index contributed by atoms with van der Waals surface area (Å²) in [5.74, 6) is 0.836. The number of hydrogen-bond acceptors (Lipinski definition) is 4. The summed E-state index contributed by atoms with van der Waals surface area (Å²) in [6.45, 7) is 4.94. The molecular weight excluding hydrogens is 364 g/mol. The molecule has 27 heavy (non-hydrogen) atoms. The van der Waals surface area contributed by atoms with Crippen LogP contribution in [0.15, 0.2) is 29.2 Å². The minimum Gasteiger partial charge on any atom is -0.494 e. The molecule has 0 bridgehead atoms. The van der Waals surface area contributed by atoms with Crippen molar-refractivity contribution in [1.29, 1.82) is 0 Å². The molecule has 7 heteroatoms. The van der Waals surface area contributed by atoms with Gasteiger partial charge in [-0.25, -0.2) is 8.42 Å². The number of hydrogen-bond donors (Lipinski definition) is 0. The Morgan fingerprint density at radius 2 is 1.59 bits per heavy atom. The van der Waals surface area contributed by atoms with Crippen molar-refractivity contribution in [3.05, 3.63) is 24.3 Å². The summed E-state index contributed by atoms with van der Waals surface area (Å²) in [6, 6.07) is 6.56. The van der Waals surface area contributed by atoms with Gasteiger partial charge in [-0.1, -0.05) is 12.8 Å². The Labute approximate surface area is 162 Å². The van der Waals surface area contributed by atoms with Crippen LogP contribution in [0.1, 0.15) is 45.4 Å². The fourth-order valence-electron chi connectivity index (χ4n) is 3.92. The summed E-state index contributed by atoms with van der Waals surface area (Å²) < 4.78 is 32.6. The van der Waals surface area contributed by atoms with Crippen molar-refractivity contribution in [2.24, 2.45) is 5.92 Å². The maximum absolute atomic E-state index is 12.9. The van der Waals surface area contributed by atoms with Crippen molar-refractivity contribution in [3.63, 3.8) is 0 Å². The average Bonchev–Trinajstić information content (AvgIpc) is 2.98. The molecule has 2 aliphatic heterocycles. The van der Waals surface area contributed by atoms with Crippen LogP contribution in [0.4, 0.5) is 0 Å². The Morgan fingerprint density at radius 3 is 2.15 bits per heavy atom. The molecule has 0 aliphatic carbocycles. The van der Waals surface area contributed by atoms with Crippen molar-refractivity contribution in [2.75, 3.05) is 32.8 Å². The summed E-state index contributed by atoms with van der Waals surface area (Å²) in [5, 5.41) is 0. The fourth-order valence-corrected chi connectivity index (χ4v) is 5.39. The Morgan fingerprint density at radius 1 is 1.00 bits per heavy atom. The fraction of sp³-hybridized carbons (Fsp3) is 0.650. The molecule has 0 spiro atoms. The third-order valence-corrected chi connectivity index (χ3v) is 7.41. The second-order valence-electron chi connectivity index (χ2n) is 7.32. The number of rotatable bonds is 5. The summed E-state index contributed by atoms with van der Waals surface area (Å²) in [5.41, 5.74) is 0. The first kappa shape index (κ1) is 20.1. The molecule has 2 heterocycles. The number of piperidine rings is 1. The van der Waals surface area contributed by atoms with E-state index in [1.54, 1.807) is 24.3 Å². The van der Waals surface area contributed by atoms with Crippen LogP contribution >= 0.6 is 0 Å². The molecule has 0 radical (unpaired) electrons. The number of carbonyl (C=O) groups is 1. The molecule has 3 rings (SSSR count). The number of amides is 1. The number of benzene rings is 1. The van der Waals surface area contributed by atoms with Gasteiger partial charge in [-0.15, -0.1) is 0 Å². The Kier molecular flexibility index (Phi) is 6.76. The highest BCUT2D eigenvalue weighted by Crippen LogP contribution is 2.27. The smallest absolute Gasteiger partial charge is 0.243 e. The van der Waals surface area contributed by atoms with Gasteiger partial charge in [0.2, 0.25) is 15.9 Å². The average molecular weight is 395 g/mol. The molecule has 2 saturated heterocycles. The number of nitrogens with zero attached hydrogens (tertiary/aromatic N) is 2. The minimum atomic E-state index is -3.52. The van der Waals surface area contributed by atoms with Crippen LogP contribution in [-0.4, -0.2) is 56.3 Å². The zero-order valence-electron chi connectivity index (χ0n) is 16.1. The van der Waals surface area contributed by atoms with E-state index in [0.29, 0.717) is 38.3 Å². The monoisotopic (exact) mass is 394 g/mol. The molecule has 150 valence electrons. The van der Waals surface area contributed by atoms with E-state index in [-0.39, 0.29) is 16.7 Å². The highest BCUT2D eigenvalue weighted by atomic mass is 32.2. The third kappa shape index (κ3) is 4.82. The zero-order valence-corrected chi connectivity index (χ0v) is 16.9. The van der Waals surface area contributed by atoms with E-state index in [9.17, 15) is 13.2 Å². The molecule has 1 aromatic carbocycles. The maximum atomic E-state index is 12.9. The van der Waals surface area contributed by atoms with Crippen molar-refractivity contribution in [3.8, 4) is 5.75 Å². The van der Waals surface area contributed by atoms with Crippen molar-refractivity contribution >= 4 is 15.9 Å². The standard InChI is InChI=1S/C20H30N2O4S/c1-2-26-18-7-9-19(10-8-18)27(24,25)22-15-11-17(12-16-22)20(23)21-13-5-3-4-6-14-21/h7-10,17H,2-6,11-16H2,1H3. The Bertz CT molecular complexity index is 717. The van der Waals surface area contributed by atoms with E-state index in [4.69, 9.17) is 4.74 Å². The van der Waals surface area contributed by atoms with Gasteiger partial charge in [-0.05, 0) is 56.9 Å². The van der Waals surface area contributed by atoms with Gasteiger partial charge in [-0.2, -0.15) is 4.31 Å². The van der Waals surface area contributed by atoms with Gasteiger partial charge in [0.25, 0.3) is 0 Å². The lowest BCUT2D eigenvalue weighted by Crippen LogP contribution is -2.44. The highest BCUT2D eigenvalue weighted by molar-refractivity contribution is 7.89. The number of sulfonamides is 1. The SMILES string of the molecule is CCOc1ccc(S(=O)(=O)N2CCC(C(=O)N3CCCCCC3)CC2)cc1. The first-order valence-electron chi connectivity index (χ1n) is 10.0. The number of carbonyl (C=O) groups excluding carboxylic acids is 1. The lowest BCUT2D eigenvalue weighted by Gasteiger charge is -2.33. The topological polar surface area (TPSA) is 66.9 Å². The van der Waals surface area contributed by atoms with Crippen LogP contribution in [0.5, 0.6) is 5.75 Å². The maximum Gasteiger partial charge on any atom is 0.243 e. The second-order valence-corrected chi connectivity index (χ2v) is 9.26. The molecule has 0 N–H and O–H groups in total. The van der Waals surface area contributed by atoms with Gasteiger partial charge in [-0.3, -0.25) is 4.79 Å². The largest absolute Gasteiger partial charge is 0.494 e. The zero-order chi connectivity index (χ0) is 19.3. The third-order valence-electron chi connectivity index (χ3n) is 5.49. The molecule has 0 unspecified atom stereocenters. The van der Waals surface area contributed by atoms with Gasteiger partial charge in [0.15, 0.2) is 0 Å². The quantitative estimate of drug-likeness (QED) is 0.770. The Balaban J connectivity index is 1.59. The number of ether oxygens (including phenoxy) is 1. The number of likely N-dealkylation sites (tertiary alicyclic amines) is 1. The van der Waals surface area contributed by atoms with Gasteiger partial charge in [0.05, 0.1) is 11.5 Å². The first-order valence-corrected chi connectivity index (χ1v) is 11.5. The van der Waals surface area contributed by atoms with Crippen molar-refractivity contribution in [1.82, 2.24) is 9.21 Å². The lowest BCUT2D eigenvalue weighted by molar-refractivity contribution is -0.136. The molecule has 0 aromatic heterocycles. The van der Waals surface area contributed by atoms with E-state index in [2.05, 4.69) is 0 Å². The molecule has 2 fully saturated rings. The van der Waals surface area contributed by atoms with Crippen LogP contribution in [0.2, 0.25) is 0 Å². The van der Waals surface area contributed by atoms with Crippen molar-refractivity contribution in [2.45, 2.75) is 50.3 Å². The first-order chi connectivity index (χ1) is 13.0. The molecule has 0 saturated carbocycles. The van der Waals surface area contributed by atoms with E-state index >= 15 is 0 Å². The van der Waals surface area contributed by atoms with Gasteiger partial charge >= 0.3 is 0 Å². The molecule has 0 atom stereocenters. The summed E-state index contributed by atoms with van der Waals surface area (Å²) in [4.78, 5) is 15.1. The minimum absolute atomic E-state index is 0.0464. The van der Waals surface area contributed by atoms with Gasteiger partial charge in [0, 0.05) is 32.1 Å². The van der Waals surface area contributed by atoms with Gasteiger partial charge in [0.1, 0.15) is 5.75 Å². The predicted molar refractivity (Wildman–Crippen MR) is 104 cm³/mol. The van der Waals surface area contributed by atoms with E-state index in [1.807, 2.05) is 11.8 Å². The molecule has 2 aliphatic rings. The highest BCUT2D eigenvalue weighted by Gasteiger charge is 2.33. The molecular formula is C20H30N2O4S. The van der Waals surface area contributed by atoms with Crippen molar-refractivity contribution < 1.29 is 17.9 Å². The second kappa shape index (κ2) is 9.06. The Hall–Kier alpha value is -1.60. The van der Waals surface area contributed by atoms with Crippen LogP contribution in [0.25, 0.3) is 0 Å². The summed E-state index contributed by atoms with van der Waals surface area (Å²) >= 11 is 0. The summed E-state index contributed by atoms with van der Waals surface area (Å²) in [6.07, 6.45) is 5.76.